The average molecular weight is 469 g/mol. The lowest BCUT2D eigenvalue weighted by Crippen LogP contribution is -2.46. The van der Waals surface area contributed by atoms with Crippen LogP contribution in [-0.2, 0) is 32.3 Å². The fourth-order valence-corrected chi connectivity index (χ4v) is 4.65. The standard InChI is InChI=1S/C30H28O5/c1-22-17-18-26(19-27(31)25-15-9-4-10-16-25)30(22,28(32)34-20-23-11-5-2-6-12-23)29(33)35-21-24-13-7-3-8-14-24/h2-16,26H,1,17-21H2. The number of esters is 2. The first-order valence-electron chi connectivity index (χ1n) is 11.7. The molecular weight excluding hydrogens is 440 g/mol. The number of carbonyl (C=O) groups is 3. The maximum Gasteiger partial charge on any atom is 0.328 e. The van der Waals surface area contributed by atoms with Crippen molar-refractivity contribution in [1.29, 1.82) is 0 Å². The zero-order chi connectivity index (χ0) is 24.7. The molecule has 0 bridgehead atoms. The second kappa shape index (κ2) is 11.0. The Morgan fingerprint density at radius 3 is 1.69 bits per heavy atom. The van der Waals surface area contributed by atoms with E-state index in [1.54, 1.807) is 24.3 Å². The first-order chi connectivity index (χ1) is 17.0. The average Bonchev–Trinajstić information content (AvgIpc) is 3.23. The van der Waals surface area contributed by atoms with E-state index in [-0.39, 0.29) is 25.4 Å². The number of rotatable bonds is 9. The molecule has 0 N–H and O–H groups in total. The zero-order valence-corrected chi connectivity index (χ0v) is 19.5. The van der Waals surface area contributed by atoms with Crippen LogP contribution in [-0.4, -0.2) is 17.7 Å². The topological polar surface area (TPSA) is 69.7 Å². The van der Waals surface area contributed by atoms with E-state index in [2.05, 4.69) is 6.58 Å². The van der Waals surface area contributed by atoms with Gasteiger partial charge >= 0.3 is 11.9 Å². The molecule has 178 valence electrons. The Balaban J connectivity index is 1.61. The summed E-state index contributed by atoms with van der Waals surface area (Å²) in [6, 6.07) is 27.4. The van der Waals surface area contributed by atoms with Gasteiger partial charge in [0.1, 0.15) is 13.2 Å². The van der Waals surface area contributed by atoms with Gasteiger partial charge in [0.05, 0.1) is 0 Å². The molecule has 0 saturated heterocycles. The first kappa shape index (κ1) is 24.1. The molecule has 4 rings (SSSR count). The Bertz CT molecular complexity index is 1130. The van der Waals surface area contributed by atoms with Crippen molar-refractivity contribution in [2.75, 3.05) is 0 Å². The summed E-state index contributed by atoms with van der Waals surface area (Å²) in [6.07, 6.45) is 0.926. The van der Waals surface area contributed by atoms with E-state index in [0.29, 0.717) is 24.0 Å². The maximum absolute atomic E-state index is 13.6. The van der Waals surface area contributed by atoms with Gasteiger partial charge in [-0.25, -0.2) is 0 Å². The highest BCUT2D eigenvalue weighted by Crippen LogP contribution is 2.51. The lowest BCUT2D eigenvalue weighted by atomic mass is 9.73. The highest BCUT2D eigenvalue weighted by Gasteiger charge is 2.60. The van der Waals surface area contributed by atoms with Crippen molar-refractivity contribution in [3.8, 4) is 0 Å². The normalized spacial score (nSPS) is 16.5. The summed E-state index contributed by atoms with van der Waals surface area (Å²) in [5.41, 5.74) is 0.839. The van der Waals surface area contributed by atoms with Gasteiger partial charge in [0, 0.05) is 12.0 Å². The van der Waals surface area contributed by atoms with Crippen molar-refractivity contribution in [2.24, 2.45) is 11.3 Å². The molecule has 0 aromatic heterocycles. The number of carbonyl (C=O) groups excluding carboxylic acids is 3. The number of ketones is 1. The number of Topliss-reactive ketones (excluding diaryl/α,β-unsaturated/α-hetero) is 1. The molecular formula is C30H28O5. The molecule has 5 heteroatoms. The minimum absolute atomic E-state index is 0.0139. The summed E-state index contributed by atoms with van der Waals surface area (Å²) < 4.78 is 11.3. The highest BCUT2D eigenvalue weighted by atomic mass is 16.6. The third-order valence-electron chi connectivity index (χ3n) is 6.56. The van der Waals surface area contributed by atoms with E-state index in [4.69, 9.17) is 9.47 Å². The molecule has 0 aliphatic heterocycles. The minimum Gasteiger partial charge on any atom is -0.460 e. The zero-order valence-electron chi connectivity index (χ0n) is 19.5. The van der Waals surface area contributed by atoms with Gasteiger partial charge < -0.3 is 9.47 Å². The van der Waals surface area contributed by atoms with Crippen LogP contribution in [0.15, 0.2) is 103 Å². The van der Waals surface area contributed by atoms with Crippen LogP contribution in [0, 0.1) is 11.3 Å². The van der Waals surface area contributed by atoms with Gasteiger partial charge in [-0.2, -0.15) is 0 Å². The summed E-state index contributed by atoms with van der Waals surface area (Å²) in [5.74, 6) is -2.17. The smallest absolute Gasteiger partial charge is 0.328 e. The quantitative estimate of drug-likeness (QED) is 0.174. The van der Waals surface area contributed by atoms with Gasteiger partial charge in [0.25, 0.3) is 0 Å². The van der Waals surface area contributed by atoms with Crippen LogP contribution in [0.3, 0.4) is 0 Å². The molecule has 3 aromatic rings. The molecule has 1 atom stereocenters. The van der Waals surface area contributed by atoms with Crippen molar-refractivity contribution in [3.63, 3.8) is 0 Å². The summed E-state index contributed by atoms with van der Waals surface area (Å²) in [5, 5.41) is 0. The number of benzene rings is 3. The Morgan fingerprint density at radius 1 is 0.743 bits per heavy atom. The molecule has 5 nitrogen and oxygen atoms in total. The van der Waals surface area contributed by atoms with Gasteiger partial charge in [-0.1, -0.05) is 97.6 Å². The lowest BCUT2D eigenvalue weighted by Gasteiger charge is -2.32. The lowest BCUT2D eigenvalue weighted by molar-refractivity contribution is -0.173. The minimum atomic E-state index is -1.73. The SMILES string of the molecule is C=C1CCC(CC(=O)c2ccccc2)C1(C(=O)OCc1ccccc1)C(=O)OCc1ccccc1. The number of hydrogen-bond acceptors (Lipinski definition) is 5. The molecule has 0 spiro atoms. The molecule has 1 saturated carbocycles. The van der Waals surface area contributed by atoms with Crippen LogP contribution in [0.1, 0.15) is 40.7 Å². The summed E-state index contributed by atoms with van der Waals surface area (Å²) >= 11 is 0. The Morgan fingerprint density at radius 2 is 1.20 bits per heavy atom. The largest absolute Gasteiger partial charge is 0.460 e. The number of hydrogen-bond donors (Lipinski definition) is 0. The molecule has 0 radical (unpaired) electrons. The van der Waals surface area contributed by atoms with E-state index in [0.717, 1.165) is 11.1 Å². The molecule has 35 heavy (non-hydrogen) atoms. The van der Waals surface area contributed by atoms with Crippen LogP contribution in [0.5, 0.6) is 0 Å². The Kier molecular flexibility index (Phi) is 7.56. The molecule has 1 unspecified atom stereocenters. The second-order valence-corrected chi connectivity index (χ2v) is 8.76. The number of ether oxygens (including phenoxy) is 2. The maximum atomic E-state index is 13.6. The summed E-state index contributed by atoms with van der Waals surface area (Å²) in [6.45, 7) is 4.11. The molecule has 3 aromatic carbocycles. The van der Waals surface area contributed by atoms with E-state index < -0.39 is 23.3 Å². The molecule has 0 amide bonds. The van der Waals surface area contributed by atoms with Crippen LogP contribution >= 0.6 is 0 Å². The van der Waals surface area contributed by atoms with Gasteiger partial charge in [0.15, 0.2) is 11.2 Å². The molecule has 0 heterocycles. The van der Waals surface area contributed by atoms with Gasteiger partial charge in [-0.3, -0.25) is 14.4 Å². The molecule has 1 aliphatic rings. The second-order valence-electron chi connectivity index (χ2n) is 8.76. The third kappa shape index (κ3) is 5.24. The first-order valence-corrected chi connectivity index (χ1v) is 11.7. The summed E-state index contributed by atoms with van der Waals surface area (Å²) in [7, 11) is 0. The van der Waals surface area contributed by atoms with Crippen LogP contribution in [0.25, 0.3) is 0 Å². The highest BCUT2D eigenvalue weighted by molar-refractivity contribution is 6.06. The van der Waals surface area contributed by atoms with Gasteiger partial charge in [-0.15, -0.1) is 0 Å². The van der Waals surface area contributed by atoms with Crippen molar-refractivity contribution in [2.45, 2.75) is 32.5 Å². The van der Waals surface area contributed by atoms with Crippen molar-refractivity contribution >= 4 is 17.7 Å². The molecule has 1 aliphatic carbocycles. The van der Waals surface area contributed by atoms with Crippen LogP contribution < -0.4 is 0 Å². The van der Waals surface area contributed by atoms with E-state index >= 15 is 0 Å². The third-order valence-corrected chi connectivity index (χ3v) is 6.56. The van der Waals surface area contributed by atoms with Crippen molar-refractivity contribution in [3.05, 3.63) is 120 Å². The fourth-order valence-electron chi connectivity index (χ4n) is 4.65. The van der Waals surface area contributed by atoms with E-state index in [1.165, 1.54) is 0 Å². The fraction of sp³-hybridized carbons (Fsp3) is 0.233. The van der Waals surface area contributed by atoms with Gasteiger partial charge in [-0.05, 0) is 35.5 Å². The summed E-state index contributed by atoms with van der Waals surface area (Å²) in [4.78, 5) is 40.3. The Hall–Kier alpha value is -3.99. The molecule has 1 fully saturated rings. The van der Waals surface area contributed by atoms with Crippen LogP contribution in [0.4, 0.5) is 0 Å². The van der Waals surface area contributed by atoms with Gasteiger partial charge in [0.2, 0.25) is 0 Å². The predicted octanol–water partition coefficient (Wildman–Crippen LogP) is 5.70. The van der Waals surface area contributed by atoms with Crippen LogP contribution in [0.2, 0.25) is 0 Å². The van der Waals surface area contributed by atoms with Crippen molar-refractivity contribution in [1.82, 2.24) is 0 Å². The Labute approximate surface area is 205 Å². The predicted molar refractivity (Wildman–Crippen MR) is 132 cm³/mol. The van der Waals surface area contributed by atoms with E-state index in [1.807, 2.05) is 66.7 Å². The van der Waals surface area contributed by atoms with Crippen molar-refractivity contribution < 1.29 is 23.9 Å². The van der Waals surface area contributed by atoms with E-state index in [9.17, 15) is 14.4 Å². The monoisotopic (exact) mass is 468 g/mol.